The van der Waals surface area contributed by atoms with Gasteiger partial charge in [-0.15, -0.1) is 20.5 Å². The molecule has 1 aliphatic heterocycles. The first kappa shape index (κ1) is 28.1. The molecule has 0 aromatic heterocycles. The van der Waals surface area contributed by atoms with Gasteiger partial charge in [-0.25, -0.2) is 13.6 Å². The monoisotopic (exact) mass is 543 g/mol. The largest absolute Gasteiger partial charge is 0.479 e. The summed E-state index contributed by atoms with van der Waals surface area (Å²) in [6, 6.07) is 22.1. The van der Waals surface area contributed by atoms with E-state index in [-0.39, 0.29) is 62.1 Å². The highest BCUT2D eigenvalue weighted by Gasteiger charge is 2.49. The van der Waals surface area contributed by atoms with Crippen molar-refractivity contribution in [1.29, 1.82) is 0 Å². The number of amides is 1. The maximum atomic E-state index is 13.1. The van der Waals surface area contributed by atoms with Crippen LogP contribution < -0.4 is 8.43 Å². The molecule has 1 N–H and O–H groups in total. The van der Waals surface area contributed by atoms with Gasteiger partial charge >= 0.3 is 26.5 Å². The highest BCUT2D eigenvalue weighted by molar-refractivity contribution is 8.93. The lowest BCUT2D eigenvalue weighted by molar-refractivity contribution is -0.0694. The average Bonchev–Trinajstić information content (AvgIpc) is 2.73. The number of likely N-dealkylation sites (tertiary alicyclic amines) is 1. The van der Waals surface area contributed by atoms with Gasteiger partial charge in [0.15, 0.2) is 5.60 Å². The number of halogens is 3. The van der Waals surface area contributed by atoms with Crippen LogP contribution in [0.15, 0.2) is 78.9 Å². The van der Waals surface area contributed by atoms with Gasteiger partial charge in [-0.2, -0.15) is 3.69 Å². The first-order valence-electron chi connectivity index (χ1n) is 10.8. The molecular weight excluding hydrogens is 516 g/mol. The zero-order valence-electron chi connectivity index (χ0n) is 19.5. The van der Waals surface area contributed by atoms with Crippen molar-refractivity contribution in [3.8, 4) is 5.75 Å². The predicted octanol–water partition coefficient (Wildman–Crippen LogP) is 6.05. The summed E-state index contributed by atoms with van der Waals surface area (Å²) in [5, 5.41) is 9.03. The Hall–Kier alpha value is -2.16. The van der Waals surface area contributed by atoms with Crippen molar-refractivity contribution in [3.05, 3.63) is 96.1 Å². The third-order valence-electron chi connectivity index (χ3n) is 5.24. The predicted molar refractivity (Wildman–Crippen MR) is 137 cm³/mol. The smallest absolute Gasteiger partial charge is 0.415 e. The SMILES string of the molecule is Br.C[C](C)(C)[Mg][c]1ccc(F)cc1.O=C(O)N1CC(Oc2ccccc2)(c2ccc(F)cc2)C1. The number of ether oxygens (including phenoxy) is 1. The fourth-order valence-corrected chi connectivity index (χ4v) is 5.39. The number of rotatable bonds is 4. The van der Waals surface area contributed by atoms with E-state index in [4.69, 9.17) is 9.84 Å². The second kappa shape index (κ2) is 12.0. The van der Waals surface area contributed by atoms with Crippen molar-refractivity contribution in [1.82, 2.24) is 4.90 Å². The van der Waals surface area contributed by atoms with Crippen LogP contribution in [0.2, 0.25) is 3.54 Å². The number of hydrogen-bond acceptors (Lipinski definition) is 2. The van der Waals surface area contributed by atoms with Gasteiger partial charge in [-0.05, 0) is 42.0 Å². The molecule has 34 heavy (non-hydrogen) atoms. The van der Waals surface area contributed by atoms with Gasteiger partial charge in [0, 0.05) is 0 Å². The molecule has 0 atom stereocenters. The van der Waals surface area contributed by atoms with Crippen molar-refractivity contribution in [2.75, 3.05) is 13.1 Å². The fraction of sp³-hybridized carbons (Fsp3) is 0.269. The molecule has 1 heterocycles. The van der Waals surface area contributed by atoms with Gasteiger partial charge in [0.2, 0.25) is 0 Å². The van der Waals surface area contributed by atoms with Gasteiger partial charge in [-0.1, -0.05) is 63.2 Å². The molecular formula is C26H28BrF2MgNO3. The van der Waals surface area contributed by atoms with E-state index in [1.807, 2.05) is 42.5 Å². The lowest BCUT2D eigenvalue weighted by Gasteiger charge is -2.48. The molecule has 1 fully saturated rings. The summed E-state index contributed by atoms with van der Waals surface area (Å²) < 4.78 is 33.4. The molecule has 8 heteroatoms. The number of hydrogen-bond donors (Lipinski definition) is 1. The second-order valence-corrected chi connectivity index (χ2v) is 12.7. The van der Waals surface area contributed by atoms with Crippen LogP contribution in [0.25, 0.3) is 0 Å². The summed E-state index contributed by atoms with van der Waals surface area (Å²) in [7, 11) is 0. The highest BCUT2D eigenvalue weighted by Crippen LogP contribution is 2.37. The minimum atomic E-state index is -0.982. The van der Waals surface area contributed by atoms with Crippen LogP contribution in [-0.2, 0) is 5.60 Å². The topological polar surface area (TPSA) is 49.8 Å². The van der Waals surface area contributed by atoms with Crippen LogP contribution in [-0.4, -0.2) is 49.6 Å². The van der Waals surface area contributed by atoms with E-state index in [1.54, 1.807) is 24.3 Å². The van der Waals surface area contributed by atoms with E-state index >= 15 is 0 Å². The Morgan fingerprint density at radius 3 is 1.88 bits per heavy atom. The average molecular weight is 545 g/mol. The number of carboxylic acid groups (broad SMARTS) is 1. The van der Waals surface area contributed by atoms with Gasteiger partial charge in [-0.3, -0.25) is 4.90 Å². The van der Waals surface area contributed by atoms with Crippen LogP contribution >= 0.6 is 17.0 Å². The Kier molecular flexibility index (Phi) is 9.91. The van der Waals surface area contributed by atoms with Gasteiger partial charge in [0.25, 0.3) is 0 Å². The van der Waals surface area contributed by atoms with Crippen molar-refractivity contribution in [2.24, 2.45) is 0 Å². The van der Waals surface area contributed by atoms with Crippen LogP contribution in [0, 0.1) is 11.6 Å². The van der Waals surface area contributed by atoms with Crippen LogP contribution in [0.4, 0.5) is 13.6 Å². The third-order valence-corrected chi connectivity index (χ3v) is 7.18. The first-order chi connectivity index (χ1) is 15.6. The molecule has 0 bridgehead atoms. The Bertz CT molecular complexity index is 1050. The van der Waals surface area contributed by atoms with Gasteiger partial charge in [0.05, 0.1) is 13.1 Å². The Morgan fingerprint density at radius 1 is 0.912 bits per heavy atom. The quantitative estimate of drug-likeness (QED) is 0.407. The number of carbonyl (C=O) groups is 1. The van der Waals surface area contributed by atoms with E-state index < -0.39 is 11.7 Å². The van der Waals surface area contributed by atoms with E-state index in [9.17, 15) is 13.6 Å². The maximum Gasteiger partial charge on any atom is 0.415 e. The Balaban J connectivity index is 0.000000270. The third kappa shape index (κ3) is 7.96. The van der Waals surface area contributed by atoms with E-state index in [1.165, 1.54) is 20.7 Å². The van der Waals surface area contributed by atoms with Crippen molar-refractivity contribution in [2.45, 2.75) is 29.9 Å². The number of para-hydroxylation sites is 1. The molecule has 1 aliphatic rings. The summed E-state index contributed by atoms with van der Waals surface area (Å²) in [6.45, 7) is 7.17. The van der Waals surface area contributed by atoms with E-state index in [2.05, 4.69) is 20.8 Å². The molecule has 0 radical (unpaired) electrons. The van der Waals surface area contributed by atoms with Crippen molar-refractivity contribution < 1.29 is 23.4 Å². The lowest BCUT2D eigenvalue weighted by Crippen LogP contribution is -2.63. The molecule has 3 aromatic rings. The van der Waals surface area contributed by atoms with Crippen molar-refractivity contribution >= 4 is 47.1 Å². The molecule has 178 valence electrons. The molecule has 4 rings (SSSR count). The van der Waals surface area contributed by atoms with Crippen LogP contribution in [0.5, 0.6) is 5.75 Å². The Morgan fingerprint density at radius 2 is 1.41 bits per heavy atom. The minimum absolute atomic E-state index is 0. The number of benzene rings is 3. The zero-order chi connectivity index (χ0) is 24.1. The van der Waals surface area contributed by atoms with E-state index in [0.29, 0.717) is 9.29 Å². The Labute approximate surface area is 219 Å². The van der Waals surface area contributed by atoms with E-state index in [0.717, 1.165) is 5.56 Å². The maximum absolute atomic E-state index is 13.1. The summed E-state index contributed by atoms with van der Waals surface area (Å²) in [5.74, 6) is 0.191. The van der Waals surface area contributed by atoms with Gasteiger partial charge < -0.3 is 9.84 Å². The van der Waals surface area contributed by atoms with Crippen LogP contribution in [0.1, 0.15) is 26.3 Å². The molecule has 4 nitrogen and oxygen atoms in total. The standard InChI is InChI=1S/C16H14FNO3.C6H4F.C4H9.BrH.Mg/c17-13-8-6-12(7-9-13)16(10-18(11-16)15(19)20)21-14-4-2-1-3-5-14;7-6-4-2-1-3-5-6;1-4(2)3;;/h1-9H,10-11H2,(H,19,20);2-5H;1-3H3;1H;. The summed E-state index contributed by atoms with van der Waals surface area (Å²) in [5.41, 5.74) is 0.0122. The molecule has 1 saturated heterocycles. The molecule has 3 aromatic carbocycles. The minimum Gasteiger partial charge on any atom is -0.479 e. The first-order valence-corrected chi connectivity index (χ1v) is 12.2. The highest BCUT2D eigenvalue weighted by atomic mass is 79.9. The van der Waals surface area contributed by atoms with Gasteiger partial charge in [0.1, 0.15) is 17.4 Å². The lowest BCUT2D eigenvalue weighted by atomic mass is 9.86. The molecule has 0 spiro atoms. The second-order valence-electron chi connectivity index (χ2n) is 9.42. The summed E-state index contributed by atoms with van der Waals surface area (Å²) >= 11 is -0.256. The summed E-state index contributed by atoms with van der Waals surface area (Å²) in [6.07, 6.45) is -0.982. The summed E-state index contributed by atoms with van der Waals surface area (Å²) in [4.78, 5) is 12.3. The number of nitrogens with zero attached hydrogens (tertiary/aromatic N) is 1. The fourth-order valence-electron chi connectivity index (χ4n) is 3.69. The molecule has 0 aliphatic carbocycles. The van der Waals surface area contributed by atoms with Crippen LogP contribution in [0.3, 0.4) is 0 Å². The zero-order valence-corrected chi connectivity index (χ0v) is 22.6. The molecule has 0 unspecified atom stereocenters. The van der Waals surface area contributed by atoms with Crippen molar-refractivity contribution in [3.63, 3.8) is 0 Å². The molecule has 1 amide bonds. The molecule has 0 saturated carbocycles. The normalized spacial score (nSPS) is 13.9.